The molecule has 0 bridgehead atoms. The summed E-state index contributed by atoms with van der Waals surface area (Å²) >= 11 is 0. The zero-order chi connectivity index (χ0) is 13.7. The predicted molar refractivity (Wildman–Crippen MR) is 77.5 cm³/mol. The maximum Gasteiger partial charge on any atom is 0.118 e. The molecule has 0 unspecified atom stereocenters. The molecule has 1 saturated heterocycles. The predicted octanol–water partition coefficient (Wildman–Crippen LogP) is 2.99. The number of aliphatic hydroxyl groups excluding tert-OH is 1. The van der Waals surface area contributed by atoms with E-state index in [0.29, 0.717) is 0 Å². The fourth-order valence-electron chi connectivity index (χ4n) is 2.78. The van der Waals surface area contributed by atoms with Gasteiger partial charge in [-0.3, -0.25) is 4.90 Å². The van der Waals surface area contributed by atoms with Crippen molar-refractivity contribution in [3.8, 4) is 5.75 Å². The van der Waals surface area contributed by atoms with E-state index in [4.69, 9.17) is 4.74 Å². The molecule has 0 spiro atoms. The molecular weight excluding hydrogens is 238 g/mol. The molecule has 1 aliphatic heterocycles. The zero-order valence-electron chi connectivity index (χ0n) is 12.0. The second-order valence-electron chi connectivity index (χ2n) is 5.41. The number of hydrogen-bond donors (Lipinski definition) is 1. The van der Waals surface area contributed by atoms with Crippen molar-refractivity contribution in [3.05, 3.63) is 29.8 Å². The highest BCUT2D eigenvalue weighted by Gasteiger charge is 2.23. The van der Waals surface area contributed by atoms with E-state index in [2.05, 4.69) is 11.8 Å². The standard InChI is InChI=1S/C16H25NO2/c1-13(17-11-5-3-4-6-12-17)16(18)14-7-9-15(19-2)10-8-14/h7-10,13,16,18H,3-6,11-12H2,1-2H3/t13-,16+/m1/s1. The molecule has 0 amide bonds. The lowest BCUT2D eigenvalue weighted by Crippen LogP contribution is -2.38. The molecule has 1 aromatic carbocycles. The van der Waals surface area contributed by atoms with Gasteiger partial charge in [0.1, 0.15) is 5.75 Å². The molecule has 19 heavy (non-hydrogen) atoms. The van der Waals surface area contributed by atoms with E-state index in [9.17, 15) is 5.11 Å². The number of likely N-dealkylation sites (tertiary alicyclic amines) is 1. The minimum atomic E-state index is -0.427. The molecule has 1 N–H and O–H groups in total. The van der Waals surface area contributed by atoms with Crippen molar-refractivity contribution in [2.75, 3.05) is 20.2 Å². The molecule has 3 heteroatoms. The zero-order valence-corrected chi connectivity index (χ0v) is 12.0. The quantitative estimate of drug-likeness (QED) is 0.906. The number of rotatable bonds is 4. The summed E-state index contributed by atoms with van der Waals surface area (Å²) in [6.45, 7) is 4.34. The van der Waals surface area contributed by atoms with Crippen LogP contribution in [-0.2, 0) is 0 Å². The van der Waals surface area contributed by atoms with Gasteiger partial charge in [-0.15, -0.1) is 0 Å². The van der Waals surface area contributed by atoms with Gasteiger partial charge in [0.2, 0.25) is 0 Å². The maximum absolute atomic E-state index is 10.5. The number of methoxy groups -OCH3 is 1. The summed E-state index contributed by atoms with van der Waals surface area (Å²) in [5.41, 5.74) is 0.970. The Hall–Kier alpha value is -1.06. The summed E-state index contributed by atoms with van der Waals surface area (Å²) in [4.78, 5) is 2.42. The number of ether oxygens (including phenoxy) is 1. The second-order valence-corrected chi connectivity index (χ2v) is 5.41. The van der Waals surface area contributed by atoms with Crippen LogP contribution >= 0.6 is 0 Å². The van der Waals surface area contributed by atoms with Crippen LogP contribution in [0.5, 0.6) is 5.75 Å². The highest BCUT2D eigenvalue weighted by Crippen LogP contribution is 2.24. The largest absolute Gasteiger partial charge is 0.497 e. The van der Waals surface area contributed by atoms with E-state index in [-0.39, 0.29) is 6.04 Å². The number of hydrogen-bond acceptors (Lipinski definition) is 3. The summed E-state index contributed by atoms with van der Waals surface area (Å²) in [6, 6.07) is 7.91. The summed E-state index contributed by atoms with van der Waals surface area (Å²) in [7, 11) is 1.66. The Bertz CT molecular complexity index is 369. The lowest BCUT2D eigenvalue weighted by molar-refractivity contribution is 0.0597. The molecule has 1 fully saturated rings. The number of nitrogens with zero attached hydrogens (tertiary/aromatic N) is 1. The highest BCUT2D eigenvalue weighted by atomic mass is 16.5. The Morgan fingerprint density at radius 1 is 1.05 bits per heavy atom. The van der Waals surface area contributed by atoms with Crippen molar-refractivity contribution < 1.29 is 9.84 Å². The molecule has 3 nitrogen and oxygen atoms in total. The summed E-state index contributed by atoms with van der Waals surface area (Å²) in [5.74, 6) is 0.832. The van der Waals surface area contributed by atoms with Gasteiger partial charge in [-0.25, -0.2) is 0 Å². The highest BCUT2D eigenvalue weighted by molar-refractivity contribution is 5.29. The molecule has 1 heterocycles. The van der Waals surface area contributed by atoms with Gasteiger partial charge in [0.05, 0.1) is 13.2 Å². The van der Waals surface area contributed by atoms with E-state index in [1.54, 1.807) is 7.11 Å². The van der Waals surface area contributed by atoms with Crippen LogP contribution in [0.1, 0.15) is 44.3 Å². The van der Waals surface area contributed by atoms with Crippen LogP contribution in [0.4, 0.5) is 0 Å². The van der Waals surface area contributed by atoms with Crippen molar-refractivity contribution in [1.82, 2.24) is 4.90 Å². The third-order valence-electron chi connectivity index (χ3n) is 4.13. The van der Waals surface area contributed by atoms with Crippen LogP contribution < -0.4 is 4.74 Å². The monoisotopic (exact) mass is 263 g/mol. The van der Waals surface area contributed by atoms with Gasteiger partial charge in [0, 0.05) is 6.04 Å². The lowest BCUT2D eigenvalue weighted by Gasteiger charge is -2.31. The van der Waals surface area contributed by atoms with Crippen LogP contribution in [0.2, 0.25) is 0 Å². The average molecular weight is 263 g/mol. The second kappa shape index (κ2) is 6.92. The Morgan fingerprint density at radius 3 is 2.16 bits per heavy atom. The molecule has 0 radical (unpaired) electrons. The minimum Gasteiger partial charge on any atom is -0.497 e. The topological polar surface area (TPSA) is 32.7 Å². The maximum atomic E-state index is 10.5. The SMILES string of the molecule is COc1ccc([C@@H](O)[C@@H](C)N2CCCCCC2)cc1. The van der Waals surface area contributed by atoms with E-state index in [1.807, 2.05) is 24.3 Å². The smallest absolute Gasteiger partial charge is 0.118 e. The lowest BCUT2D eigenvalue weighted by atomic mass is 10.0. The molecule has 0 aromatic heterocycles. The van der Waals surface area contributed by atoms with Crippen molar-refractivity contribution in [2.24, 2.45) is 0 Å². The molecule has 0 saturated carbocycles. The van der Waals surface area contributed by atoms with E-state index < -0.39 is 6.10 Å². The van der Waals surface area contributed by atoms with E-state index in [0.717, 1.165) is 24.4 Å². The van der Waals surface area contributed by atoms with Gasteiger partial charge >= 0.3 is 0 Å². The fourth-order valence-corrected chi connectivity index (χ4v) is 2.78. The van der Waals surface area contributed by atoms with Crippen LogP contribution in [0.15, 0.2) is 24.3 Å². The molecule has 2 atom stereocenters. The summed E-state index contributed by atoms with van der Waals surface area (Å²) in [5, 5.41) is 10.5. The van der Waals surface area contributed by atoms with Crippen molar-refractivity contribution in [1.29, 1.82) is 0 Å². The Labute approximate surface area is 116 Å². The third-order valence-corrected chi connectivity index (χ3v) is 4.13. The Balaban J connectivity index is 2.01. The van der Waals surface area contributed by atoms with Crippen molar-refractivity contribution in [2.45, 2.75) is 44.8 Å². The average Bonchev–Trinajstić information content (AvgIpc) is 2.75. The Morgan fingerprint density at radius 2 is 1.63 bits per heavy atom. The van der Waals surface area contributed by atoms with E-state index >= 15 is 0 Å². The first-order valence-corrected chi connectivity index (χ1v) is 7.28. The van der Waals surface area contributed by atoms with Crippen LogP contribution in [0.25, 0.3) is 0 Å². The van der Waals surface area contributed by atoms with Gasteiger partial charge < -0.3 is 9.84 Å². The van der Waals surface area contributed by atoms with Gasteiger partial charge in [-0.05, 0) is 50.6 Å². The fraction of sp³-hybridized carbons (Fsp3) is 0.625. The number of benzene rings is 1. The minimum absolute atomic E-state index is 0.173. The summed E-state index contributed by atoms with van der Waals surface area (Å²) < 4.78 is 5.15. The van der Waals surface area contributed by atoms with Crippen molar-refractivity contribution >= 4 is 0 Å². The first-order valence-electron chi connectivity index (χ1n) is 7.28. The normalized spacial score (nSPS) is 20.6. The van der Waals surface area contributed by atoms with E-state index in [1.165, 1.54) is 25.7 Å². The van der Waals surface area contributed by atoms with Crippen molar-refractivity contribution in [3.63, 3.8) is 0 Å². The van der Waals surface area contributed by atoms with Crippen LogP contribution in [-0.4, -0.2) is 36.2 Å². The molecular formula is C16H25NO2. The molecule has 0 aliphatic carbocycles. The molecule has 1 aromatic rings. The summed E-state index contributed by atoms with van der Waals surface area (Å²) in [6.07, 6.45) is 4.72. The van der Waals surface area contributed by atoms with Gasteiger partial charge in [-0.1, -0.05) is 25.0 Å². The molecule has 106 valence electrons. The first kappa shape index (κ1) is 14.4. The molecule has 2 rings (SSSR count). The van der Waals surface area contributed by atoms with Crippen LogP contribution in [0, 0.1) is 0 Å². The van der Waals surface area contributed by atoms with Crippen LogP contribution in [0.3, 0.4) is 0 Å². The Kier molecular flexibility index (Phi) is 5.23. The molecule has 1 aliphatic rings. The van der Waals surface area contributed by atoms with Gasteiger partial charge in [0.25, 0.3) is 0 Å². The third kappa shape index (κ3) is 3.71. The van der Waals surface area contributed by atoms with Gasteiger partial charge in [0.15, 0.2) is 0 Å². The van der Waals surface area contributed by atoms with Gasteiger partial charge in [-0.2, -0.15) is 0 Å². The number of aliphatic hydroxyl groups is 1. The first-order chi connectivity index (χ1) is 9.22.